The zero-order valence-electron chi connectivity index (χ0n) is 8.40. The highest BCUT2D eigenvalue weighted by Gasteiger charge is 2.35. The maximum absolute atomic E-state index is 13.4. The van der Waals surface area contributed by atoms with Gasteiger partial charge in [0.2, 0.25) is 0 Å². The molecule has 0 N–H and O–H groups in total. The van der Waals surface area contributed by atoms with Crippen LogP contribution in [0.3, 0.4) is 0 Å². The van der Waals surface area contributed by atoms with E-state index in [9.17, 15) is 8.78 Å². The van der Waals surface area contributed by atoms with Gasteiger partial charge in [-0.3, -0.25) is 0 Å². The van der Waals surface area contributed by atoms with Crippen LogP contribution in [0.4, 0.5) is 8.78 Å². The van der Waals surface area contributed by atoms with Crippen molar-refractivity contribution in [3.8, 4) is 11.8 Å². The molecule has 0 fully saturated rings. The summed E-state index contributed by atoms with van der Waals surface area (Å²) in [5.74, 6) is -1.46. The number of benzene rings is 1. The third-order valence-corrected chi connectivity index (χ3v) is 2.37. The minimum Gasteiger partial charge on any atom is -0.486 e. The molecule has 0 atom stereocenters. The summed E-state index contributed by atoms with van der Waals surface area (Å²) in [5.41, 5.74) is -0.502. The average molecular weight is 209 g/mol. The van der Waals surface area contributed by atoms with E-state index in [2.05, 4.69) is 0 Å². The number of fused-ring (bicyclic) bond motifs is 1. The van der Waals surface area contributed by atoms with E-state index >= 15 is 0 Å². The predicted octanol–water partition coefficient (Wildman–Crippen LogP) is 2.55. The largest absolute Gasteiger partial charge is 0.486 e. The molecule has 0 saturated heterocycles. The summed E-state index contributed by atoms with van der Waals surface area (Å²) < 4.78 is 32.0. The Morgan fingerprint density at radius 2 is 2.07 bits per heavy atom. The van der Waals surface area contributed by atoms with Gasteiger partial charge in [-0.2, -0.15) is 5.26 Å². The third-order valence-electron chi connectivity index (χ3n) is 2.37. The van der Waals surface area contributed by atoms with Gasteiger partial charge in [-0.15, -0.1) is 0 Å². The van der Waals surface area contributed by atoms with Gasteiger partial charge in [-0.05, 0) is 13.8 Å². The SMILES string of the molecule is CC1(C)Cc2c(F)cc(F)c(C#N)c2O1. The van der Waals surface area contributed by atoms with E-state index < -0.39 is 17.2 Å². The molecule has 2 nitrogen and oxygen atoms in total. The van der Waals surface area contributed by atoms with Crippen molar-refractivity contribution in [3.63, 3.8) is 0 Å². The minimum absolute atomic E-state index is 0.0556. The molecule has 1 aromatic rings. The lowest BCUT2D eigenvalue weighted by Gasteiger charge is -2.17. The highest BCUT2D eigenvalue weighted by atomic mass is 19.1. The zero-order valence-corrected chi connectivity index (χ0v) is 8.40. The van der Waals surface area contributed by atoms with Crippen molar-refractivity contribution >= 4 is 0 Å². The Hall–Kier alpha value is -1.63. The van der Waals surface area contributed by atoms with E-state index in [1.165, 1.54) is 0 Å². The number of ether oxygens (including phenoxy) is 1. The molecular formula is C11H9F2NO. The van der Waals surface area contributed by atoms with Gasteiger partial charge in [-0.1, -0.05) is 0 Å². The molecule has 1 aliphatic rings. The smallest absolute Gasteiger partial charge is 0.147 e. The molecule has 0 amide bonds. The van der Waals surface area contributed by atoms with Crippen LogP contribution in [0, 0.1) is 23.0 Å². The van der Waals surface area contributed by atoms with Crippen LogP contribution in [0.25, 0.3) is 0 Å². The molecule has 0 spiro atoms. The number of hydrogen-bond acceptors (Lipinski definition) is 2. The van der Waals surface area contributed by atoms with Gasteiger partial charge < -0.3 is 4.74 Å². The Morgan fingerprint density at radius 1 is 1.40 bits per heavy atom. The summed E-state index contributed by atoms with van der Waals surface area (Å²) in [4.78, 5) is 0. The van der Waals surface area contributed by atoms with Gasteiger partial charge >= 0.3 is 0 Å². The monoisotopic (exact) mass is 209 g/mol. The van der Waals surface area contributed by atoms with Crippen LogP contribution in [0.5, 0.6) is 5.75 Å². The molecule has 0 bridgehead atoms. The molecule has 0 radical (unpaired) electrons. The lowest BCUT2D eigenvalue weighted by molar-refractivity contribution is 0.137. The number of nitriles is 1. The first-order valence-corrected chi connectivity index (χ1v) is 4.54. The van der Waals surface area contributed by atoms with E-state index in [4.69, 9.17) is 10.00 Å². The number of rotatable bonds is 0. The van der Waals surface area contributed by atoms with Crippen molar-refractivity contribution in [1.82, 2.24) is 0 Å². The number of halogens is 2. The van der Waals surface area contributed by atoms with Gasteiger partial charge in [0.1, 0.15) is 34.6 Å². The fourth-order valence-electron chi connectivity index (χ4n) is 1.76. The summed E-state index contributed by atoms with van der Waals surface area (Å²) in [6.45, 7) is 3.54. The first kappa shape index (κ1) is 9.91. The molecule has 0 saturated carbocycles. The highest BCUT2D eigenvalue weighted by molar-refractivity contribution is 5.53. The fraction of sp³-hybridized carbons (Fsp3) is 0.364. The molecule has 78 valence electrons. The molecule has 1 aromatic carbocycles. The van der Waals surface area contributed by atoms with E-state index in [1.54, 1.807) is 19.9 Å². The minimum atomic E-state index is -0.869. The van der Waals surface area contributed by atoms with Crippen molar-refractivity contribution in [2.75, 3.05) is 0 Å². The first-order chi connectivity index (χ1) is 6.94. The summed E-state index contributed by atoms with van der Waals surface area (Å²) in [5, 5.41) is 8.75. The normalized spacial score (nSPS) is 16.7. The Balaban J connectivity index is 2.68. The summed E-state index contributed by atoms with van der Waals surface area (Å²) in [7, 11) is 0. The highest BCUT2D eigenvalue weighted by Crippen LogP contribution is 2.39. The standard InChI is InChI=1S/C11H9F2NO/c1-11(2)4-6-8(12)3-9(13)7(5-14)10(6)15-11/h3H,4H2,1-2H3. The second-order valence-electron chi connectivity index (χ2n) is 4.17. The Bertz CT molecular complexity index is 474. The molecule has 0 aromatic heterocycles. The second-order valence-corrected chi connectivity index (χ2v) is 4.17. The van der Waals surface area contributed by atoms with E-state index in [1.807, 2.05) is 0 Å². The molecular weight excluding hydrogens is 200 g/mol. The third kappa shape index (κ3) is 1.44. The first-order valence-electron chi connectivity index (χ1n) is 4.54. The van der Waals surface area contributed by atoms with Crippen molar-refractivity contribution in [2.45, 2.75) is 25.9 Å². The lowest BCUT2D eigenvalue weighted by atomic mass is 10.00. The summed E-state index contributed by atoms with van der Waals surface area (Å²) in [6, 6.07) is 2.43. The van der Waals surface area contributed by atoms with Crippen molar-refractivity contribution < 1.29 is 13.5 Å². The van der Waals surface area contributed by atoms with Crippen LogP contribution in [-0.2, 0) is 6.42 Å². The zero-order chi connectivity index (χ0) is 11.2. The quantitative estimate of drug-likeness (QED) is 0.657. The Morgan fingerprint density at radius 3 is 2.67 bits per heavy atom. The van der Waals surface area contributed by atoms with Gasteiger partial charge in [0, 0.05) is 18.1 Å². The van der Waals surface area contributed by atoms with Crippen molar-refractivity contribution in [2.24, 2.45) is 0 Å². The van der Waals surface area contributed by atoms with Crippen molar-refractivity contribution in [1.29, 1.82) is 5.26 Å². The average Bonchev–Trinajstić information content (AvgIpc) is 2.42. The van der Waals surface area contributed by atoms with Crippen LogP contribution < -0.4 is 4.74 Å². The van der Waals surface area contributed by atoms with Gasteiger partial charge in [0.05, 0.1) is 0 Å². The van der Waals surface area contributed by atoms with Crippen LogP contribution in [-0.4, -0.2) is 5.60 Å². The topological polar surface area (TPSA) is 33.0 Å². The van der Waals surface area contributed by atoms with E-state index in [0.29, 0.717) is 6.42 Å². The lowest BCUT2D eigenvalue weighted by Crippen LogP contribution is -2.25. The maximum atomic E-state index is 13.4. The second kappa shape index (κ2) is 2.93. The fourth-order valence-corrected chi connectivity index (χ4v) is 1.76. The van der Waals surface area contributed by atoms with Gasteiger partial charge in [0.15, 0.2) is 0 Å². The molecule has 4 heteroatoms. The van der Waals surface area contributed by atoms with Crippen LogP contribution in [0.1, 0.15) is 25.0 Å². The van der Waals surface area contributed by atoms with Crippen molar-refractivity contribution in [3.05, 3.63) is 28.8 Å². The van der Waals surface area contributed by atoms with E-state index in [0.717, 1.165) is 6.07 Å². The molecule has 2 rings (SSSR count). The Kier molecular flexibility index (Phi) is 1.93. The summed E-state index contributed by atoms with van der Waals surface area (Å²) in [6.07, 6.45) is 0.350. The van der Waals surface area contributed by atoms with Crippen LogP contribution >= 0.6 is 0 Å². The van der Waals surface area contributed by atoms with Gasteiger partial charge in [-0.25, -0.2) is 8.78 Å². The molecule has 1 heterocycles. The molecule has 0 unspecified atom stereocenters. The number of nitrogens with zero attached hydrogens (tertiary/aromatic N) is 1. The van der Waals surface area contributed by atoms with Crippen LogP contribution in [0.15, 0.2) is 6.07 Å². The van der Waals surface area contributed by atoms with E-state index in [-0.39, 0.29) is 16.9 Å². The Labute approximate surface area is 86.1 Å². The maximum Gasteiger partial charge on any atom is 0.147 e. The molecule has 1 aliphatic heterocycles. The predicted molar refractivity (Wildman–Crippen MR) is 49.5 cm³/mol. The molecule has 15 heavy (non-hydrogen) atoms. The van der Waals surface area contributed by atoms with Gasteiger partial charge in [0.25, 0.3) is 0 Å². The van der Waals surface area contributed by atoms with Crippen LogP contribution in [0.2, 0.25) is 0 Å². The number of hydrogen-bond donors (Lipinski definition) is 0. The summed E-state index contributed by atoms with van der Waals surface area (Å²) >= 11 is 0. The molecule has 0 aliphatic carbocycles.